The van der Waals surface area contributed by atoms with Gasteiger partial charge in [0.15, 0.2) is 0 Å². The Bertz CT molecular complexity index is 362. The van der Waals surface area contributed by atoms with E-state index in [1.54, 1.807) is 12.1 Å². The van der Waals surface area contributed by atoms with Crippen LogP contribution >= 0.6 is 0 Å². The van der Waals surface area contributed by atoms with Gasteiger partial charge in [-0.2, -0.15) is 8.78 Å². The predicted molar refractivity (Wildman–Crippen MR) is 67.4 cm³/mol. The Morgan fingerprint density at radius 1 is 1.22 bits per heavy atom. The van der Waals surface area contributed by atoms with E-state index in [9.17, 15) is 8.78 Å². The first kappa shape index (κ1) is 13.1. The van der Waals surface area contributed by atoms with E-state index in [0.29, 0.717) is 6.04 Å². The second-order valence-electron chi connectivity index (χ2n) is 4.42. The zero-order chi connectivity index (χ0) is 13.0. The van der Waals surface area contributed by atoms with Gasteiger partial charge in [-0.25, -0.2) is 0 Å². The summed E-state index contributed by atoms with van der Waals surface area (Å²) in [5.41, 5.74) is 1.06. The molecule has 1 N–H and O–H groups in total. The summed E-state index contributed by atoms with van der Waals surface area (Å²) >= 11 is 0. The highest BCUT2D eigenvalue weighted by molar-refractivity contribution is 5.49. The highest BCUT2D eigenvalue weighted by Gasteiger charge is 2.17. The van der Waals surface area contributed by atoms with E-state index >= 15 is 0 Å². The van der Waals surface area contributed by atoms with Gasteiger partial charge in [0.25, 0.3) is 0 Å². The van der Waals surface area contributed by atoms with Gasteiger partial charge in [0.2, 0.25) is 0 Å². The van der Waals surface area contributed by atoms with Crippen LogP contribution < -0.4 is 15.0 Å². The minimum Gasteiger partial charge on any atom is -0.435 e. The van der Waals surface area contributed by atoms with Gasteiger partial charge in [0.1, 0.15) is 5.75 Å². The molecule has 0 unspecified atom stereocenters. The lowest BCUT2D eigenvalue weighted by Gasteiger charge is -2.33. The van der Waals surface area contributed by atoms with E-state index in [2.05, 4.69) is 15.0 Å². The van der Waals surface area contributed by atoms with Crippen LogP contribution in [0.15, 0.2) is 24.3 Å². The number of alkyl halides is 2. The molecule has 0 spiro atoms. The van der Waals surface area contributed by atoms with Crippen molar-refractivity contribution in [3.63, 3.8) is 0 Å². The number of rotatable bonds is 4. The molecule has 1 aromatic rings. The molecule has 1 heterocycles. The van der Waals surface area contributed by atoms with Crippen LogP contribution in [-0.2, 0) is 0 Å². The first-order chi connectivity index (χ1) is 8.69. The smallest absolute Gasteiger partial charge is 0.387 e. The fraction of sp³-hybridized carbons (Fsp3) is 0.538. The summed E-state index contributed by atoms with van der Waals surface area (Å²) in [7, 11) is 1.98. The Balaban J connectivity index is 1.93. The molecule has 1 fully saturated rings. The summed E-state index contributed by atoms with van der Waals surface area (Å²) in [6.07, 6.45) is 2.21. The van der Waals surface area contributed by atoms with Crippen LogP contribution in [0.3, 0.4) is 0 Å². The van der Waals surface area contributed by atoms with E-state index in [4.69, 9.17) is 0 Å². The van der Waals surface area contributed by atoms with Crippen molar-refractivity contribution < 1.29 is 13.5 Å². The van der Waals surface area contributed by atoms with E-state index in [1.165, 1.54) is 0 Å². The summed E-state index contributed by atoms with van der Waals surface area (Å²) in [6, 6.07) is 7.43. The molecule has 18 heavy (non-hydrogen) atoms. The van der Waals surface area contributed by atoms with Crippen molar-refractivity contribution in [2.45, 2.75) is 25.5 Å². The molecule has 5 heteroatoms. The fourth-order valence-corrected chi connectivity index (χ4v) is 2.26. The molecule has 3 nitrogen and oxygen atoms in total. The molecule has 0 bridgehead atoms. The normalized spacial score (nSPS) is 17.2. The summed E-state index contributed by atoms with van der Waals surface area (Å²) < 4.78 is 28.4. The molecule has 2 rings (SSSR count). The molecular weight excluding hydrogens is 238 g/mol. The first-order valence-corrected chi connectivity index (χ1v) is 6.16. The van der Waals surface area contributed by atoms with Gasteiger partial charge in [-0.3, -0.25) is 0 Å². The summed E-state index contributed by atoms with van der Waals surface area (Å²) in [5, 5.41) is 3.28. The molecule has 1 saturated heterocycles. The average molecular weight is 256 g/mol. The van der Waals surface area contributed by atoms with Crippen LogP contribution in [0.2, 0.25) is 0 Å². The summed E-state index contributed by atoms with van der Waals surface area (Å²) in [6.45, 7) is -0.789. The molecule has 0 atom stereocenters. The number of piperidine rings is 1. The number of anilines is 1. The third-order valence-corrected chi connectivity index (χ3v) is 3.33. The van der Waals surface area contributed by atoms with Crippen molar-refractivity contribution in [1.82, 2.24) is 5.32 Å². The second-order valence-corrected chi connectivity index (χ2v) is 4.42. The minimum atomic E-state index is -2.76. The SMILES string of the molecule is CNC1CCN(c2ccc(OC(F)F)cc2)CC1. The predicted octanol–water partition coefficient (Wildman–Crippen LogP) is 2.48. The lowest BCUT2D eigenvalue weighted by atomic mass is 10.0. The third kappa shape index (κ3) is 3.32. The quantitative estimate of drug-likeness (QED) is 0.895. The lowest BCUT2D eigenvalue weighted by molar-refractivity contribution is -0.0498. The first-order valence-electron chi connectivity index (χ1n) is 6.16. The highest BCUT2D eigenvalue weighted by Crippen LogP contribution is 2.23. The maximum absolute atomic E-state index is 12.0. The van der Waals surface area contributed by atoms with E-state index in [1.807, 2.05) is 19.2 Å². The Labute approximate surface area is 106 Å². The molecule has 0 aliphatic carbocycles. The Morgan fingerprint density at radius 2 is 1.83 bits per heavy atom. The molecule has 1 aliphatic rings. The second kappa shape index (κ2) is 6.00. The van der Waals surface area contributed by atoms with E-state index in [-0.39, 0.29) is 5.75 Å². The Hall–Kier alpha value is -1.36. The molecule has 0 aromatic heterocycles. The van der Waals surface area contributed by atoms with E-state index < -0.39 is 6.61 Å². The van der Waals surface area contributed by atoms with Crippen molar-refractivity contribution in [3.8, 4) is 5.75 Å². The molecule has 0 amide bonds. The van der Waals surface area contributed by atoms with Gasteiger partial charge in [-0.05, 0) is 44.2 Å². The highest BCUT2D eigenvalue weighted by atomic mass is 19.3. The van der Waals surface area contributed by atoms with E-state index in [0.717, 1.165) is 31.6 Å². The van der Waals surface area contributed by atoms with Crippen LogP contribution in [0.1, 0.15) is 12.8 Å². The Morgan fingerprint density at radius 3 is 2.33 bits per heavy atom. The molecule has 0 radical (unpaired) electrons. The maximum atomic E-state index is 12.0. The van der Waals surface area contributed by atoms with Crippen molar-refractivity contribution in [2.75, 3.05) is 25.0 Å². The number of hydrogen-bond donors (Lipinski definition) is 1. The van der Waals surface area contributed by atoms with Crippen LogP contribution in [0, 0.1) is 0 Å². The lowest BCUT2D eigenvalue weighted by Crippen LogP contribution is -2.41. The van der Waals surface area contributed by atoms with Gasteiger partial charge in [0.05, 0.1) is 0 Å². The van der Waals surface area contributed by atoms with Gasteiger partial charge in [-0.1, -0.05) is 0 Å². The molecule has 1 aliphatic heterocycles. The fourth-order valence-electron chi connectivity index (χ4n) is 2.26. The standard InChI is InChI=1S/C13H18F2N2O/c1-16-10-6-8-17(9-7-10)11-2-4-12(5-3-11)18-13(14)15/h2-5,10,13,16H,6-9H2,1H3. The van der Waals surface area contributed by atoms with Crippen LogP contribution in [-0.4, -0.2) is 32.8 Å². The van der Waals surface area contributed by atoms with Crippen molar-refractivity contribution in [1.29, 1.82) is 0 Å². The van der Waals surface area contributed by atoms with Gasteiger partial charge < -0.3 is 15.0 Å². The molecule has 100 valence electrons. The van der Waals surface area contributed by atoms with Gasteiger partial charge in [-0.15, -0.1) is 0 Å². The van der Waals surface area contributed by atoms with Crippen molar-refractivity contribution in [2.24, 2.45) is 0 Å². The van der Waals surface area contributed by atoms with Gasteiger partial charge >= 0.3 is 6.61 Å². The summed E-state index contributed by atoms with van der Waals surface area (Å²) in [5.74, 6) is 0.207. The maximum Gasteiger partial charge on any atom is 0.387 e. The minimum absolute atomic E-state index is 0.207. The number of benzene rings is 1. The monoisotopic (exact) mass is 256 g/mol. The summed E-state index contributed by atoms with van der Waals surface area (Å²) in [4.78, 5) is 2.26. The zero-order valence-corrected chi connectivity index (χ0v) is 10.4. The largest absolute Gasteiger partial charge is 0.435 e. The van der Waals surface area contributed by atoms with Crippen LogP contribution in [0.25, 0.3) is 0 Å². The Kier molecular flexibility index (Phi) is 4.36. The van der Waals surface area contributed by atoms with Crippen LogP contribution in [0.4, 0.5) is 14.5 Å². The molecular formula is C13H18F2N2O. The molecule has 0 saturated carbocycles. The van der Waals surface area contributed by atoms with Crippen molar-refractivity contribution >= 4 is 5.69 Å². The number of nitrogens with one attached hydrogen (secondary N) is 1. The van der Waals surface area contributed by atoms with Gasteiger partial charge in [0, 0.05) is 24.8 Å². The number of halogens is 2. The third-order valence-electron chi connectivity index (χ3n) is 3.33. The number of hydrogen-bond acceptors (Lipinski definition) is 3. The zero-order valence-electron chi connectivity index (χ0n) is 10.4. The number of ether oxygens (including phenoxy) is 1. The number of nitrogens with zero attached hydrogens (tertiary/aromatic N) is 1. The average Bonchev–Trinajstić information content (AvgIpc) is 2.39. The van der Waals surface area contributed by atoms with Crippen molar-refractivity contribution in [3.05, 3.63) is 24.3 Å². The van der Waals surface area contributed by atoms with Crippen LogP contribution in [0.5, 0.6) is 5.75 Å². The topological polar surface area (TPSA) is 24.5 Å². The molecule has 1 aromatic carbocycles.